The average Bonchev–Trinajstić information content (AvgIpc) is 2.76. The van der Waals surface area contributed by atoms with Crippen molar-refractivity contribution < 1.29 is 13.2 Å². The number of nitrogens with two attached hydrogens (primary N) is 2. The predicted molar refractivity (Wildman–Crippen MR) is 73.6 cm³/mol. The molecule has 0 bridgehead atoms. The second-order valence-electron chi connectivity index (χ2n) is 4.30. The van der Waals surface area contributed by atoms with E-state index in [1.54, 1.807) is 0 Å². The Morgan fingerprint density at radius 1 is 1.26 bits per heavy atom. The maximum atomic E-state index is 12.2. The topological polar surface area (TPSA) is 106 Å². The zero-order valence-corrected chi connectivity index (χ0v) is 11.8. The van der Waals surface area contributed by atoms with E-state index in [0.29, 0.717) is 19.5 Å². The minimum absolute atomic E-state index is 0. The van der Waals surface area contributed by atoms with Crippen molar-refractivity contribution in [3.05, 3.63) is 29.8 Å². The van der Waals surface area contributed by atoms with Crippen molar-refractivity contribution in [2.45, 2.75) is 17.4 Å². The van der Waals surface area contributed by atoms with Crippen LogP contribution >= 0.6 is 12.4 Å². The number of carbonyl (C=O) groups excluding carboxylic acids is 1. The monoisotopic (exact) mass is 305 g/mol. The molecule has 4 N–H and O–H groups in total. The highest BCUT2D eigenvalue weighted by atomic mass is 35.5. The van der Waals surface area contributed by atoms with Crippen LogP contribution in [0.4, 0.5) is 0 Å². The molecule has 1 unspecified atom stereocenters. The fourth-order valence-electron chi connectivity index (χ4n) is 1.91. The van der Waals surface area contributed by atoms with Crippen molar-refractivity contribution in [2.75, 3.05) is 13.1 Å². The van der Waals surface area contributed by atoms with Crippen LogP contribution in [0.1, 0.15) is 16.8 Å². The Labute approximate surface area is 118 Å². The summed E-state index contributed by atoms with van der Waals surface area (Å²) in [5, 5.41) is 0. The number of amides is 1. The van der Waals surface area contributed by atoms with E-state index in [1.807, 2.05) is 0 Å². The van der Waals surface area contributed by atoms with E-state index >= 15 is 0 Å². The number of hydrogen-bond donors (Lipinski definition) is 2. The molecule has 1 aromatic carbocycles. The molecule has 2 rings (SSSR count). The summed E-state index contributed by atoms with van der Waals surface area (Å²) in [4.78, 5) is 11.1. The van der Waals surface area contributed by atoms with Crippen molar-refractivity contribution in [1.82, 2.24) is 4.31 Å². The van der Waals surface area contributed by atoms with Gasteiger partial charge in [0.2, 0.25) is 15.9 Å². The van der Waals surface area contributed by atoms with Crippen molar-refractivity contribution in [3.8, 4) is 0 Å². The van der Waals surface area contributed by atoms with E-state index in [2.05, 4.69) is 0 Å². The maximum Gasteiger partial charge on any atom is 0.248 e. The molecule has 0 aliphatic carbocycles. The standard InChI is InChI=1S/C11H15N3O3S.ClH/c12-9-5-6-14(7-9)18(16,17)10-3-1-8(2-4-10)11(13)15;/h1-4,9H,5-7,12H2,(H2,13,15);1H. The molecule has 1 fully saturated rings. The Morgan fingerprint density at radius 3 is 2.26 bits per heavy atom. The van der Waals surface area contributed by atoms with Crippen molar-refractivity contribution in [1.29, 1.82) is 0 Å². The molecular weight excluding hydrogens is 290 g/mol. The van der Waals surface area contributed by atoms with Crippen LogP contribution in [0.2, 0.25) is 0 Å². The zero-order valence-electron chi connectivity index (χ0n) is 10.2. The molecule has 106 valence electrons. The van der Waals surface area contributed by atoms with Crippen LogP contribution in [0, 0.1) is 0 Å². The molecule has 19 heavy (non-hydrogen) atoms. The minimum atomic E-state index is -3.51. The summed E-state index contributed by atoms with van der Waals surface area (Å²) >= 11 is 0. The van der Waals surface area contributed by atoms with E-state index in [0.717, 1.165) is 0 Å². The first-order valence-electron chi connectivity index (χ1n) is 5.57. The van der Waals surface area contributed by atoms with Gasteiger partial charge in [0.15, 0.2) is 0 Å². The fourth-order valence-corrected chi connectivity index (χ4v) is 3.42. The Kier molecular flexibility index (Phi) is 4.92. The van der Waals surface area contributed by atoms with E-state index in [4.69, 9.17) is 11.5 Å². The molecule has 6 nitrogen and oxygen atoms in total. The number of benzene rings is 1. The van der Waals surface area contributed by atoms with E-state index in [-0.39, 0.29) is 28.9 Å². The van der Waals surface area contributed by atoms with E-state index in [9.17, 15) is 13.2 Å². The number of hydrogen-bond acceptors (Lipinski definition) is 4. The third kappa shape index (κ3) is 3.24. The molecule has 1 amide bonds. The highest BCUT2D eigenvalue weighted by Crippen LogP contribution is 2.20. The highest BCUT2D eigenvalue weighted by molar-refractivity contribution is 7.89. The number of primary amides is 1. The van der Waals surface area contributed by atoms with Gasteiger partial charge in [0.1, 0.15) is 0 Å². The summed E-state index contributed by atoms with van der Waals surface area (Å²) in [5.41, 5.74) is 11.1. The van der Waals surface area contributed by atoms with Crippen LogP contribution in [0.25, 0.3) is 0 Å². The summed E-state index contributed by atoms with van der Waals surface area (Å²) in [7, 11) is -3.51. The lowest BCUT2D eigenvalue weighted by molar-refractivity contribution is 0.1000. The van der Waals surface area contributed by atoms with Crippen LogP contribution in [0.3, 0.4) is 0 Å². The predicted octanol–water partition coefficient (Wildman–Crippen LogP) is -0.0710. The van der Waals surface area contributed by atoms with Crippen LogP contribution < -0.4 is 11.5 Å². The molecule has 1 aliphatic rings. The lowest BCUT2D eigenvalue weighted by atomic mass is 10.2. The SMILES string of the molecule is Cl.NC(=O)c1ccc(S(=O)(=O)N2CCC(N)C2)cc1. The van der Waals surface area contributed by atoms with Gasteiger partial charge < -0.3 is 11.5 Å². The molecule has 1 aromatic rings. The molecule has 0 saturated carbocycles. The van der Waals surface area contributed by atoms with Gasteiger partial charge in [-0.15, -0.1) is 12.4 Å². The largest absolute Gasteiger partial charge is 0.366 e. The normalized spacial score (nSPS) is 19.9. The van der Waals surface area contributed by atoms with Gasteiger partial charge in [0, 0.05) is 24.7 Å². The maximum absolute atomic E-state index is 12.2. The number of nitrogens with zero attached hydrogens (tertiary/aromatic N) is 1. The van der Waals surface area contributed by atoms with E-state index in [1.165, 1.54) is 28.6 Å². The summed E-state index contributed by atoms with van der Waals surface area (Å²) in [6.07, 6.45) is 0.665. The zero-order chi connectivity index (χ0) is 13.3. The number of halogens is 1. The quantitative estimate of drug-likeness (QED) is 0.815. The van der Waals surface area contributed by atoms with Gasteiger partial charge >= 0.3 is 0 Å². The molecule has 1 atom stereocenters. The van der Waals surface area contributed by atoms with Crippen LogP contribution in [0.15, 0.2) is 29.2 Å². The first-order chi connectivity index (χ1) is 8.41. The first-order valence-corrected chi connectivity index (χ1v) is 7.01. The van der Waals surface area contributed by atoms with Gasteiger partial charge in [-0.2, -0.15) is 4.31 Å². The average molecular weight is 306 g/mol. The molecule has 0 aromatic heterocycles. The lowest BCUT2D eigenvalue weighted by Gasteiger charge is -2.15. The Morgan fingerprint density at radius 2 is 1.84 bits per heavy atom. The summed E-state index contributed by atoms with van der Waals surface area (Å²) in [6.45, 7) is 0.765. The van der Waals surface area contributed by atoms with Gasteiger partial charge in [-0.05, 0) is 30.7 Å². The molecule has 0 spiro atoms. The highest BCUT2D eigenvalue weighted by Gasteiger charge is 2.30. The van der Waals surface area contributed by atoms with Gasteiger partial charge in [0.25, 0.3) is 0 Å². The third-order valence-electron chi connectivity index (χ3n) is 2.96. The second kappa shape index (κ2) is 5.87. The van der Waals surface area contributed by atoms with Gasteiger partial charge in [-0.1, -0.05) is 0 Å². The first kappa shape index (κ1) is 15.9. The molecular formula is C11H16ClN3O3S. The fraction of sp³-hybridized carbons (Fsp3) is 0.364. The molecule has 1 aliphatic heterocycles. The van der Waals surface area contributed by atoms with E-state index < -0.39 is 15.9 Å². The van der Waals surface area contributed by atoms with Gasteiger partial charge in [0.05, 0.1) is 4.90 Å². The summed E-state index contributed by atoms with van der Waals surface area (Å²) in [6, 6.07) is 5.49. The number of sulfonamides is 1. The Balaban J connectivity index is 0.00000180. The second-order valence-corrected chi connectivity index (χ2v) is 6.24. The number of carbonyl (C=O) groups is 1. The van der Waals surface area contributed by atoms with Crippen molar-refractivity contribution >= 4 is 28.3 Å². The molecule has 1 heterocycles. The van der Waals surface area contributed by atoms with Gasteiger partial charge in [-0.25, -0.2) is 8.42 Å². The van der Waals surface area contributed by atoms with Crippen LogP contribution in [-0.2, 0) is 10.0 Å². The minimum Gasteiger partial charge on any atom is -0.366 e. The van der Waals surface area contributed by atoms with Crippen LogP contribution in [-0.4, -0.2) is 37.8 Å². The van der Waals surface area contributed by atoms with Crippen LogP contribution in [0.5, 0.6) is 0 Å². The number of rotatable bonds is 3. The van der Waals surface area contributed by atoms with Crippen molar-refractivity contribution in [2.24, 2.45) is 11.5 Å². The van der Waals surface area contributed by atoms with Crippen molar-refractivity contribution in [3.63, 3.8) is 0 Å². The summed E-state index contributed by atoms with van der Waals surface area (Å²) < 4.78 is 25.8. The lowest BCUT2D eigenvalue weighted by Crippen LogP contribution is -2.32. The Hall–Kier alpha value is -1.15. The molecule has 0 radical (unpaired) electrons. The Bertz CT molecular complexity index is 559. The summed E-state index contributed by atoms with van der Waals surface area (Å²) in [5.74, 6) is -0.581. The van der Waals surface area contributed by atoms with Gasteiger partial charge in [-0.3, -0.25) is 4.79 Å². The molecule has 1 saturated heterocycles. The third-order valence-corrected chi connectivity index (χ3v) is 4.84. The molecule has 8 heteroatoms. The smallest absolute Gasteiger partial charge is 0.248 e.